The monoisotopic (exact) mass is 223 g/mol. The molecule has 16 heavy (non-hydrogen) atoms. The number of aromatic amines is 1. The molecule has 0 spiro atoms. The van der Waals surface area contributed by atoms with Crippen LogP contribution in [0.25, 0.3) is 0 Å². The van der Waals surface area contributed by atoms with Crippen LogP contribution in [0, 0.1) is 0 Å². The molecule has 88 valence electrons. The van der Waals surface area contributed by atoms with Crippen molar-refractivity contribution in [3.63, 3.8) is 0 Å². The Kier molecular flexibility index (Phi) is 3.93. The molecule has 0 saturated carbocycles. The van der Waals surface area contributed by atoms with Crippen LogP contribution in [0.2, 0.25) is 0 Å². The maximum Gasteiger partial charge on any atom is 0.254 e. The van der Waals surface area contributed by atoms with Crippen LogP contribution in [0.3, 0.4) is 0 Å². The van der Waals surface area contributed by atoms with Crippen LogP contribution in [0.15, 0.2) is 12.4 Å². The van der Waals surface area contributed by atoms with Gasteiger partial charge < -0.3 is 10.1 Å². The summed E-state index contributed by atoms with van der Waals surface area (Å²) in [5.74, 6) is -0.0791. The highest BCUT2D eigenvalue weighted by Crippen LogP contribution is 2.14. The van der Waals surface area contributed by atoms with Gasteiger partial charge in [0, 0.05) is 19.3 Å². The van der Waals surface area contributed by atoms with Crippen LogP contribution in [0.5, 0.6) is 0 Å². The van der Waals surface area contributed by atoms with Crippen LogP contribution in [-0.4, -0.2) is 35.4 Å². The minimum atomic E-state index is -0.0791. The first kappa shape index (κ1) is 11.1. The third kappa shape index (κ3) is 3.06. The molecule has 1 saturated heterocycles. The quantitative estimate of drug-likeness (QED) is 0.803. The maximum atomic E-state index is 11.5. The van der Waals surface area contributed by atoms with E-state index in [-0.39, 0.29) is 5.91 Å². The first-order valence-corrected chi connectivity index (χ1v) is 5.75. The Hall–Kier alpha value is -1.36. The Morgan fingerprint density at radius 1 is 1.62 bits per heavy atom. The highest BCUT2D eigenvalue weighted by atomic mass is 16.5. The van der Waals surface area contributed by atoms with Crippen molar-refractivity contribution < 1.29 is 9.53 Å². The number of hydrogen-bond donors (Lipinski definition) is 2. The van der Waals surface area contributed by atoms with Gasteiger partial charge in [0.15, 0.2) is 0 Å². The minimum absolute atomic E-state index is 0.0791. The molecule has 2 heterocycles. The summed E-state index contributed by atoms with van der Waals surface area (Å²) in [5, 5.41) is 9.20. The normalized spacial score (nSPS) is 20.6. The number of H-pyrrole nitrogens is 1. The topological polar surface area (TPSA) is 67.0 Å². The molecule has 0 bridgehead atoms. The van der Waals surface area contributed by atoms with Crippen molar-refractivity contribution in [3.05, 3.63) is 18.0 Å². The third-order valence-electron chi connectivity index (χ3n) is 2.79. The van der Waals surface area contributed by atoms with Crippen molar-refractivity contribution in [2.75, 3.05) is 13.2 Å². The highest BCUT2D eigenvalue weighted by Gasteiger charge is 2.14. The van der Waals surface area contributed by atoms with E-state index in [4.69, 9.17) is 4.74 Å². The molecule has 1 fully saturated rings. The second-order valence-electron chi connectivity index (χ2n) is 4.02. The molecule has 0 radical (unpaired) electrons. The van der Waals surface area contributed by atoms with Gasteiger partial charge in [-0.25, -0.2) is 0 Å². The molecular formula is C11H17N3O2. The molecule has 1 atom stereocenters. The molecule has 5 heteroatoms. The van der Waals surface area contributed by atoms with Crippen LogP contribution in [0.4, 0.5) is 0 Å². The van der Waals surface area contributed by atoms with Crippen molar-refractivity contribution in [1.29, 1.82) is 0 Å². The lowest BCUT2D eigenvalue weighted by molar-refractivity contribution is 0.0117. The summed E-state index contributed by atoms with van der Waals surface area (Å²) in [6.45, 7) is 1.52. The molecule has 1 aliphatic rings. The van der Waals surface area contributed by atoms with Crippen molar-refractivity contribution in [2.24, 2.45) is 0 Å². The second-order valence-corrected chi connectivity index (χ2v) is 4.02. The first-order valence-electron chi connectivity index (χ1n) is 5.75. The fourth-order valence-electron chi connectivity index (χ4n) is 1.86. The summed E-state index contributed by atoms with van der Waals surface area (Å²) in [6, 6.07) is 0. The number of ether oxygens (including phenoxy) is 1. The lowest BCUT2D eigenvalue weighted by Crippen LogP contribution is -2.29. The molecule has 0 aromatic carbocycles. The zero-order valence-corrected chi connectivity index (χ0v) is 9.24. The van der Waals surface area contributed by atoms with Gasteiger partial charge >= 0.3 is 0 Å². The van der Waals surface area contributed by atoms with Gasteiger partial charge in [0.25, 0.3) is 5.91 Å². The molecule has 1 aromatic heterocycles. The fourth-order valence-corrected chi connectivity index (χ4v) is 1.86. The van der Waals surface area contributed by atoms with Crippen LogP contribution in [0.1, 0.15) is 36.0 Å². The second kappa shape index (κ2) is 5.65. The molecular weight excluding hydrogens is 206 g/mol. The summed E-state index contributed by atoms with van der Waals surface area (Å²) in [6.07, 6.45) is 7.83. The molecule has 1 amide bonds. The van der Waals surface area contributed by atoms with Crippen LogP contribution >= 0.6 is 0 Å². The van der Waals surface area contributed by atoms with Crippen molar-refractivity contribution in [3.8, 4) is 0 Å². The lowest BCUT2D eigenvalue weighted by atomic mass is 10.1. The number of amides is 1. The average Bonchev–Trinajstić information content (AvgIpc) is 2.84. The molecule has 1 unspecified atom stereocenters. The van der Waals surface area contributed by atoms with E-state index in [0.717, 1.165) is 25.9 Å². The van der Waals surface area contributed by atoms with E-state index in [2.05, 4.69) is 15.5 Å². The maximum absolute atomic E-state index is 11.5. The van der Waals surface area contributed by atoms with E-state index < -0.39 is 0 Å². The van der Waals surface area contributed by atoms with Gasteiger partial charge in [-0.2, -0.15) is 5.10 Å². The molecule has 0 aliphatic carbocycles. The number of carbonyl (C=O) groups excluding carboxylic acids is 1. The lowest BCUT2D eigenvalue weighted by Gasteiger charge is -2.22. The van der Waals surface area contributed by atoms with Gasteiger partial charge in [-0.1, -0.05) is 0 Å². The number of nitrogens with one attached hydrogen (secondary N) is 2. The van der Waals surface area contributed by atoms with E-state index >= 15 is 0 Å². The summed E-state index contributed by atoms with van der Waals surface area (Å²) < 4.78 is 5.58. The Bertz CT molecular complexity index is 318. The summed E-state index contributed by atoms with van der Waals surface area (Å²) in [4.78, 5) is 11.5. The van der Waals surface area contributed by atoms with Gasteiger partial charge in [-0.05, 0) is 25.7 Å². The Morgan fingerprint density at radius 3 is 3.25 bits per heavy atom. The van der Waals surface area contributed by atoms with E-state index in [1.165, 1.54) is 12.6 Å². The van der Waals surface area contributed by atoms with Gasteiger partial charge in [0.05, 0.1) is 17.9 Å². The fraction of sp³-hybridized carbons (Fsp3) is 0.636. The average molecular weight is 223 g/mol. The summed E-state index contributed by atoms with van der Waals surface area (Å²) in [5.41, 5.74) is 0.574. The number of rotatable bonds is 4. The molecule has 5 nitrogen and oxygen atoms in total. The van der Waals surface area contributed by atoms with Crippen LogP contribution < -0.4 is 5.32 Å². The number of carbonyl (C=O) groups is 1. The Balaban J connectivity index is 1.66. The number of aromatic nitrogens is 2. The molecule has 2 rings (SSSR count). The van der Waals surface area contributed by atoms with E-state index in [1.54, 1.807) is 6.20 Å². The van der Waals surface area contributed by atoms with E-state index in [0.29, 0.717) is 18.2 Å². The standard InChI is InChI=1S/C11H17N3O2/c15-11(9-7-13-14-8-9)12-5-4-10-3-1-2-6-16-10/h7-8,10H,1-6H2,(H,12,15)(H,13,14). The zero-order valence-electron chi connectivity index (χ0n) is 9.24. The largest absolute Gasteiger partial charge is 0.378 e. The van der Waals surface area contributed by atoms with Gasteiger partial charge in [0.2, 0.25) is 0 Å². The highest BCUT2D eigenvalue weighted by molar-refractivity contribution is 5.93. The van der Waals surface area contributed by atoms with Crippen molar-refractivity contribution in [2.45, 2.75) is 31.8 Å². The Labute approximate surface area is 94.6 Å². The zero-order chi connectivity index (χ0) is 11.2. The predicted octanol–water partition coefficient (Wildman–Crippen LogP) is 1.10. The number of nitrogens with zero attached hydrogens (tertiary/aromatic N) is 1. The molecule has 1 aliphatic heterocycles. The van der Waals surface area contributed by atoms with Crippen molar-refractivity contribution in [1.82, 2.24) is 15.5 Å². The van der Waals surface area contributed by atoms with Gasteiger partial charge in [0.1, 0.15) is 0 Å². The summed E-state index contributed by atoms with van der Waals surface area (Å²) >= 11 is 0. The van der Waals surface area contributed by atoms with E-state index in [9.17, 15) is 4.79 Å². The van der Waals surface area contributed by atoms with E-state index in [1.807, 2.05) is 0 Å². The Morgan fingerprint density at radius 2 is 2.56 bits per heavy atom. The third-order valence-corrected chi connectivity index (χ3v) is 2.79. The minimum Gasteiger partial charge on any atom is -0.378 e. The SMILES string of the molecule is O=C(NCCC1CCCCO1)c1cn[nH]c1. The first-order chi connectivity index (χ1) is 7.86. The number of hydrogen-bond acceptors (Lipinski definition) is 3. The van der Waals surface area contributed by atoms with Crippen molar-refractivity contribution >= 4 is 5.91 Å². The molecule has 1 aromatic rings. The smallest absolute Gasteiger partial charge is 0.254 e. The van der Waals surface area contributed by atoms with Crippen LogP contribution in [-0.2, 0) is 4.74 Å². The van der Waals surface area contributed by atoms with Gasteiger partial charge in [-0.15, -0.1) is 0 Å². The summed E-state index contributed by atoms with van der Waals surface area (Å²) in [7, 11) is 0. The molecule has 2 N–H and O–H groups in total. The van der Waals surface area contributed by atoms with Gasteiger partial charge in [-0.3, -0.25) is 9.89 Å². The predicted molar refractivity (Wildman–Crippen MR) is 59.1 cm³/mol.